The second kappa shape index (κ2) is 3.95. The summed E-state index contributed by atoms with van der Waals surface area (Å²) < 4.78 is 0. The molecule has 1 radical (unpaired) electrons. The van der Waals surface area contributed by atoms with Crippen LogP contribution in [0.2, 0.25) is 0 Å². The van der Waals surface area contributed by atoms with E-state index in [0.29, 0.717) is 0 Å². The van der Waals surface area contributed by atoms with Gasteiger partial charge in [0.05, 0.1) is 0 Å². The Balaban J connectivity index is 3.12. The van der Waals surface area contributed by atoms with Crippen molar-refractivity contribution >= 4 is 40.8 Å². The summed E-state index contributed by atoms with van der Waals surface area (Å²) in [6.07, 6.45) is 1.77. The second-order valence-corrected chi connectivity index (χ2v) is 5.96. The third-order valence-corrected chi connectivity index (χ3v) is 3.47. The van der Waals surface area contributed by atoms with Crippen molar-refractivity contribution in [1.82, 2.24) is 0 Å². The van der Waals surface area contributed by atoms with E-state index in [9.17, 15) is 0 Å². The van der Waals surface area contributed by atoms with Crippen LogP contribution in [0, 0.1) is 0 Å². The molecule has 57 valence electrons. The molecule has 0 heterocycles. The number of rotatable bonds is 2. The minimum atomic E-state index is -1.38. The molecule has 0 N–H and O–H groups in total. The minimum absolute atomic E-state index is 1.01. The molecule has 1 aromatic rings. The number of halogens is 2. The molecule has 0 fully saturated rings. The molecule has 1 rings (SSSR count). The first kappa shape index (κ1) is 8.85. The molecule has 0 atom stereocenters. The zero-order valence-corrected chi connectivity index (χ0v) is 8.36. The third-order valence-electron chi connectivity index (χ3n) is 1.38. The van der Waals surface area contributed by atoms with Crippen LogP contribution in [0.5, 0.6) is 0 Å². The first-order valence-electron chi connectivity index (χ1n) is 3.15. The molecule has 0 nitrogen and oxygen atoms in total. The molecule has 0 amide bonds. The first-order valence-corrected chi connectivity index (χ1v) is 6.68. The van der Waals surface area contributed by atoms with E-state index in [2.05, 4.69) is 6.58 Å². The highest BCUT2D eigenvalue weighted by Crippen LogP contribution is 2.04. The fraction of sp³-hybridized carbons (Fsp3) is 0. The molecule has 0 aliphatic rings. The van der Waals surface area contributed by atoms with Crippen LogP contribution in [-0.2, 0) is 0 Å². The normalized spacial score (nSPS) is 10.1. The lowest BCUT2D eigenvalue weighted by atomic mass is 10.2. The standard InChI is InChI=1S/C8H7Cl2Si/c1-2-7-5-3-4-6-8(7)11(9)10/h2-6H,1H2. The van der Waals surface area contributed by atoms with Crippen LogP contribution in [0.3, 0.4) is 0 Å². The molecule has 0 aliphatic carbocycles. The van der Waals surface area contributed by atoms with Gasteiger partial charge in [-0.2, -0.15) is 0 Å². The summed E-state index contributed by atoms with van der Waals surface area (Å²) in [5.41, 5.74) is 1.03. The quantitative estimate of drug-likeness (QED) is 0.510. The summed E-state index contributed by atoms with van der Waals surface area (Å²) in [6.45, 7) is 3.67. The van der Waals surface area contributed by atoms with E-state index < -0.39 is 7.42 Å². The van der Waals surface area contributed by atoms with E-state index in [1.165, 1.54) is 0 Å². The molecular weight excluding hydrogens is 195 g/mol. The van der Waals surface area contributed by atoms with Crippen LogP contribution in [0.15, 0.2) is 30.8 Å². The van der Waals surface area contributed by atoms with Gasteiger partial charge in [0.2, 0.25) is 0 Å². The summed E-state index contributed by atoms with van der Waals surface area (Å²) in [4.78, 5) is 0. The van der Waals surface area contributed by atoms with Gasteiger partial charge in [-0.05, 0) is 10.8 Å². The monoisotopic (exact) mass is 201 g/mol. The first-order chi connectivity index (χ1) is 5.25. The molecular formula is C8H7Cl2Si. The van der Waals surface area contributed by atoms with E-state index in [1.807, 2.05) is 24.3 Å². The maximum atomic E-state index is 5.81. The van der Waals surface area contributed by atoms with Crippen LogP contribution < -0.4 is 5.19 Å². The Morgan fingerprint density at radius 2 is 1.91 bits per heavy atom. The largest absolute Gasteiger partial charge is 0.307 e. The molecule has 0 saturated heterocycles. The highest BCUT2D eigenvalue weighted by molar-refractivity contribution is 7.39. The van der Waals surface area contributed by atoms with Gasteiger partial charge in [-0.25, -0.2) is 0 Å². The van der Waals surface area contributed by atoms with Gasteiger partial charge >= 0.3 is 7.42 Å². The molecule has 1 aromatic carbocycles. The van der Waals surface area contributed by atoms with Crippen molar-refractivity contribution in [3.05, 3.63) is 36.4 Å². The fourth-order valence-electron chi connectivity index (χ4n) is 0.847. The summed E-state index contributed by atoms with van der Waals surface area (Å²) in [7, 11) is -1.38. The van der Waals surface area contributed by atoms with Crippen molar-refractivity contribution in [3.8, 4) is 0 Å². The summed E-state index contributed by atoms with van der Waals surface area (Å²) in [5, 5.41) is 1.01. The lowest BCUT2D eigenvalue weighted by Crippen LogP contribution is -2.20. The maximum absolute atomic E-state index is 5.81. The molecule has 0 unspecified atom stereocenters. The smallest absolute Gasteiger partial charge is 0.140 e. The van der Waals surface area contributed by atoms with Gasteiger partial charge in [-0.3, -0.25) is 0 Å². The number of benzene rings is 1. The summed E-state index contributed by atoms with van der Waals surface area (Å²) in [6, 6.07) is 7.76. The molecule has 0 aliphatic heterocycles. The topological polar surface area (TPSA) is 0 Å². The lowest BCUT2D eigenvalue weighted by Gasteiger charge is -2.02. The zero-order valence-electron chi connectivity index (χ0n) is 5.85. The number of hydrogen-bond acceptors (Lipinski definition) is 0. The predicted octanol–water partition coefficient (Wildman–Crippen LogP) is 2.50. The Bertz CT molecular complexity index is 258. The van der Waals surface area contributed by atoms with E-state index in [4.69, 9.17) is 22.2 Å². The Labute approximate surface area is 77.5 Å². The Morgan fingerprint density at radius 1 is 1.27 bits per heavy atom. The van der Waals surface area contributed by atoms with Gasteiger partial charge in [0.15, 0.2) is 0 Å². The molecule has 0 bridgehead atoms. The molecule has 11 heavy (non-hydrogen) atoms. The highest BCUT2D eigenvalue weighted by Gasteiger charge is 2.09. The van der Waals surface area contributed by atoms with Crippen LogP contribution in [-0.4, -0.2) is 7.42 Å². The molecule has 0 spiro atoms. The van der Waals surface area contributed by atoms with Gasteiger partial charge in [0.25, 0.3) is 0 Å². The Kier molecular flexibility index (Phi) is 3.18. The van der Waals surface area contributed by atoms with Crippen molar-refractivity contribution in [3.63, 3.8) is 0 Å². The van der Waals surface area contributed by atoms with Crippen LogP contribution >= 0.6 is 22.2 Å². The lowest BCUT2D eigenvalue weighted by molar-refractivity contribution is 1.72. The summed E-state index contributed by atoms with van der Waals surface area (Å²) in [5.74, 6) is 0. The highest BCUT2D eigenvalue weighted by atomic mass is 35.7. The zero-order chi connectivity index (χ0) is 8.27. The van der Waals surface area contributed by atoms with Crippen molar-refractivity contribution in [1.29, 1.82) is 0 Å². The van der Waals surface area contributed by atoms with Crippen LogP contribution in [0.1, 0.15) is 5.56 Å². The minimum Gasteiger partial charge on any atom is -0.140 e. The van der Waals surface area contributed by atoms with Crippen molar-refractivity contribution in [2.45, 2.75) is 0 Å². The van der Waals surface area contributed by atoms with Gasteiger partial charge in [-0.15, -0.1) is 22.2 Å². The van der Waals surface area contributed by atoms with Gasteiger partial charge in [-0.1, -0.05) is 36.9 Å². The van der Waals surface area contributed by atoms with Crippen molar-refractivity contribution in [2.75, 3.05) is 0 Å². The fourth-order valence-corrected chi connectivity index (χ4v) is 2.51. The van der Waals surface area contributed by atoms with Gasteiger partial charge < -0.3 is 0 Å². The average Bonchev–Trinajstić information content (AvgIpc) is 2.04. The molecule has 3 heteroatoms. The molecule has 0 aromatic heterocycles. The van der Waals surface area contributed by atoms with Gasteiger partial charge in [0.1, 0.15) is 0 Å². The van der Waals surface area contributed by atoms with Crippen molar-refractivity contribution < 1.29 is 0 Å². The van der Waals surface area contributed by atoms with E-state index in [1.54, 1.807) is 6.08 Å². The van der Waals surface area contributed by atoms with Crippen LogP contribution in [0.4, 0.5) is 0 Å². The Morgan fingerprint density at radius 3 is 2.36 bits per heavy atom. The average molecular weight is 202 g/mol. The maximum Gasteiger partial charge on any atom is 0.307 e. The van der Waals surface area contributed by atoms with Crippen LogP contribution in [0.25, 0.3) is 6.08 Å². The van der Waals surface area contributed by atoms with E-state index >= 15 is 0 Å². The van der Waals surface area contributed by atoms with E-state index in [0.717, 1.165) is 10.8 Å². The summed E-state index contributed by atoms with van der Waals surface area (Å²) >= 11 is 11.6. The predicted molar refractivity (Wildman–Crippen MR) is 53.6 cm³/mol. The van der Waals surface area contributed by atoms with E-state index in [-0.39, 0.29) is 0 Å². The molecule has 0 saturated carbocycles. The second-order valence-electron chi connectivity index (χ2n) is 2.05. The third kappa shape index (κ3) is 2.09. The van der Waals surface area contributed by atoms with Gasteiger partial charge in [0, 0.05) is 0 Å². The van der Waals surface area contributed by atoms with Crippen molar-refractivity contribution in [2.24, 2.45) is 0 Å². The Hall–Kier alpha value is -0.243. The number of hydrogen-bond donors (Lipinski definition) is 0. The SMILES string of the molecule is C=Cc1ccccc1[Si](Cl)Cl.